The second-order valence-corrected chi connectivity index (χ2v) is 6.07. The van der Waals surface area contributed by atoms with Crippen LogP contribution in [0.25, 0.3) is 0 Å². The molecule has 0 bridgehead atoms. The molecular weight excluding hydrogens is 200 g/mol. The molecule has 0 aromatic rings. The van der Waals surface area contributed by atoms with E-state index in [0.29, 0.717) is 12.6 Å². The number of nitrogens with one attached hydrogen (secondary N) is 2. The lowest BCUT2D eigenvalue weighted by molar-refractivity contribution is -0.121. The van der Waals surface area contributed by atoms with Crippen LogP contribution in [0, 0.1) is 5.41 Å². The van der Waals surface area contributed by atoms with Crippen LogP contribution in [-0.4, -0.2) is 25.0 Å². The third-order valence-corrected chi connectivity index (χ3v) is 2.91. The Morgan fingerprint density at radius 2 is 1.81 bits per heavy atom. The second kappa shape index (κ2) is 6.24. The highest BCUT2D eigenvalue weighted by Gasteiger charge is 2.16. The number of hydrogen-bond acceptors (Lipinski definition) is 2. The second-order valence-electron chi connectivity index (χ2n) is 6.07. The van der Waals surface area contributed by atoms with Crippen LogP contribution in [0.15, 0.2) is 0 Å². The van der Waals surface area contributed by atoms with E-state index < -0.39 is 0 Å². The lowest BCUT2D eigenvalue weighted by Gasteiger charge is -2.23. The van der Waals surface area contributed by atoms with Gasteiger partial charge in [-0.25, -0.2) is 0 Å². The molecule has 0 aromatic carbocycles. The molecule has 1 aliphatic rings. The fraction of sp³-hybridized carbons (Fsp3) is 0.923. The topological polar surface area (TPSA) is 41.1 Å². The van der Waals surface area contributed by atoms with Crippen LogP contribution in [0.2, 0.25) is 0 Å². The fourth-order valence-corrected chi connectivity index (χ4v) is 2.08. The zero-order chi connectivity index (χ0) is 12.0. The predicted octanol–water partition coefficient (Wildman–Crippen LogP) is 2.07. The first-order valence-electron chi connectivity index (χ1n) is 6.47. The molecule has 0 unspecified atom stereocenters. The standard InChI is InChI=1S/C13H26N2O/c1-13(2,3)10-14-9-12(16)15-11-7-5-4-6-8-11/h11,14H,4-10H2,1-3H3,(H,15,16). The van der Waals surface area contributed by atoms with Gasteiger partial charge in [0.05, 0.1) is 6.54 Å². The van der Waals surface area contributed by atoms with Gasteiger partial charge in [0.2, 0.25) is 5.91 Å². The van der Waals surface area contributed by atoms with Crippen molar-refractivity contribution in [3.63, 3.8) is 0 Å². The summed E-state index contributed by atoms with van der Waals surface area (Å²) in [5.74, 6) is 0.149. The van der Waals surface area contributed by atoms with Crippen molar-refractivity contribution >= 4 is 5.91 Å². The first-order chi connectivity index (χ1) is 7.47. The minimum Gasteiger partial charge on any atom is -0.352 e. The van der Waals surface area contributed by atoms with Crippen molar-refractivity contribution in [2.45, 2.75) is 58.9 Å². The lowest BCUT2D eigenvalue weighted by atomic mass is 9.95. The van der Waals surface area contributed by atoms with Crippen molar-refractivity contribution < 1.29 is 4.79 Å². The molecule has 0 atom stereocenters. The quantitative estimate of drug-likeness (QED) is 0.770. The SMILES string of the molecule is CC(C)(C)CNCC(=O)NC1CCCCC1. The first kappa shape index (κ1) is 13.5. The average Bonchev–Trinajstić information content (AvgIpc) is 2.17. The molecule has 1 fully saturated rings. The highest BCUT2D eigenvalue weighted by molar-refractivity contribution is 5.78. The lowest BCUT2D eigenvalue weighted by Crippen LogP contribution is -2.42. The summed E-state index contributed by atoms with van der Waals surface area (Å²) in [5.41, 5.74) is 0.241. The first-order valence-corrected chi connectivity index (χ1v) is 6.47. The van der Waals surface area contributed by atoms with Crippen molar-refractivity contribution in [1.29, 1.82) is 0 Å². The van der Waals surface area contributed by atoms with Crippen LogP contribution in [0.5, 0.6) is 0 Å². The summed E-state index contributed by atoms with van der Waals surface area (Å²) in [4.78, 5) is 11.6. The normalized spacial score (nSPS) is 18.4. The van der Waals surface area contributed by atoms with Gasteiger partial charge in [0, 0.05) is 12.6 Å². The van der Waals surface area contributed by atoms with Gasteiger partial charge in [-0.15, -0.1) is 0 Å². The number of carbonyl (C=O) groups is 1. The maximum Gasteiger partial charge on any atom is 0.234 e. The number of hydrogen-bond donors (Lipinski definition) is 2. The van der Waals surface area contributed by atoms with E-state index in [0.717, 1.165) is 19.4 Å². The van der Waals surface area contributed by atoms with Gasteiger partial charge in [-0.3, -0.25) is 4.79 Å². The number of rotatable bonds is 4. The van der Waals surface area contributed by atoms with E-state index in [9.17, 15) is 4.79 Å². The summed E-state index contributed by atoms with van der Waals surface area (Å²) in [5, 5.41) is 6.31. The summed E-state index contributed by atoms with van der Waals surface area (Å²) < 4.78 is 0. The molecule has 1 amide bonds. The monoisotopic (exact) mass is 226 g/mol. The predicted molar refractivity (Wildman–Crippen MR) is 67.3 cm³/mol. The van der Waals surface area contributed by atoms with Gasteiger partial charge in [0.1, 0.15) is 0 Å². The number of amides is 1. The van der Waals surface area contributed by atoms with Gasteiger partial charge >= 0.3 is 0 Å². The molecule has 1 saturated carbocycles. The fourth-order valence-electron chi connectivity index (χ4n) is 2.08. The van der Waals surface area contributed by atoms with Gasteiger partial charge in [-0.05, 0) is 18.3 Å². The molecule has 16 heavy (non-hydrogen) atoms. The van der Waals surface area contributed by atoms with E-state index in [1.54, 1.807) is 0 Å². The zero-order valence-corrected chi connectivity index (χ0v) is 10.9. The van der Waals surface area contributed by atoms with Crippen molar-refractivity contribution in [3.8, 4) is 0 Å². The van der Waals surface area contributed by atoms with Gasteiger partial charge in [-0.2, -0.15) is 0 Å². The molecule has 3 nitrogen and oxygen atoms in total. The van der Waals surface area contributed by atoms with Crippen LogP contribution >= 0.6 is 0 Å². The van der Waals surface area contributed by atoms with Crippen LogP contribution in [0.3, 0.4) is 0 Å². The highest BCUT2D eigenvalue weighted by Crippen LogP contribution is 2.17. The smallest absolute Gasteiger partial charge is 0.234 e. The molecule has 0 spiro atoms. The van der Waals surface area contributed by atoms with E-state index in [1.165, 1.54) is 19.3 Å². The highest BCUT2D eigenvalue weighted by atomic mass is 16.1. The maximum atomic E-state index is 11.6. The van der Waals surface area contributed by atoms with E-state index in [4.69, 9.17) is 0 Å². The van der Waals surface area contributed by atoms with Crippen molar-refractivity contribution in [2.75, 3.05) is 13.1 Å². The Bertz CT molecular complexity index is 214. The Labute approximate surface area is 99.4 Å². The van der Waals surface area contributed by atoms with E-state index in [-0.39, 0.29) is 11.3 Å². The maximum absolute atomic E-state index is 11.6. The molecule has 0 radical (unpaired) electrons. The van der Waals surface area contributed by atoms with Gasteiger partial charge in [0.25, 0.3) is 0 Å². The van der Waals surface area contributed by atoms with Gasteiger partial charge < -0.3 is 10.6 Å². The van der Waals surface area contributed by atoms with E-state index in [2.05, 4.69) is 31.4 Å². The molecule has 94 valence electrons. The summed E-state index contributed by atoms with van der Waals surface area (Å²) >= 11 is 0. The third-order valence-electron chi connectivity index (χ3n) is 2.91. The summed E-state index contributed by atoms with van der Waals surface area (Å²) in [6.45, 7) is 7.83. The van der Waals surface area contributed by atoms with Crippen LogP contribution in [0.1, 0.15) is 52.9 Å². The van der Waals surface area contributed by atoms with Gasteiger partial charge in [-0.1, -0.05) is 40.0 Å². The van der Waals surface area contributed by atoms with Gasteiger partial charge in [0.15, 0.2) is 0 Å². The molecule has 1 rings (SSSR count). The molecule has 3 heteroatoms. The van der Waals surface area contributed by atoms with Crippen LogP contribution in [-0.2, 0) is 4.79 Å². The Hall–Kier alpha value is -0.570. The van der Waals surface area contributed by atoms with Crippen LogP contribution in [0.4, 0.5) is 0 Å². The molecule has 2 N–H and O–H groups in total. The summed E-state index contributed by atoms with van der Waals surface area (Å²) in [6, 6.07) is 0.428. The Balaban J connectivity index is 2.10. The average molecular weight is 226 g/mol. The minimum atomic E-state index is 0.149. The van der Waals surface area contributed by atoms with Crippen molar-refractivity contribution in [2.24, 2.45) is 5.41 Å². The molecule has 0 saturated heterocycles. The van der Waals surface area contributed by atoms with Crippen LogP contribution < -0.4 is 10.6 Å². The molecule has 1 aliphatic carbocycles. The van der Waals surface area contributed by atoms with Crippen molar-refractivity contribution in [1.82, 2.24) is 10.6 Å². The van der Waals surface area contributed by atoms with E-state index >= 15 is 0 Å². The summed E-state index contributed by atoms with van der Waals surface area (Å²) in [7, 11) is 0. The van der Waals surface area contributed by atoms with Crippen molar-refractivity contribution in [3.05, 3.63) is 0 Å². The number of carbonyl (C=O) groups excluding carboxylic acids is 1. The molecule has 0 heterocycles. The Morgan fingerprint density at radius 3 is 2.38 bits per heavy atom. The third kappa shape index (κ3) is 6.11. The zero-order valence-electron chi connectivity index (χ0n) is 10.9. The largest absolute Gasteiger partial charge is 0.352 e. The molecule has 0 aliphatic heterocycles. The Kier molecular flexibility index (Phi) is 5.26. The molecule has 0 aromatic heterocycles. The summed E-state index contributed by atoms with van der Waals surface area (Å²) in [6.07, 6.45) is 6.17. The molecular formula is C13H26N2O. The Morgan fingerprint density at radius 1 is 1.19 bits per heavy atom. The van der Waals surface area contributed by atoms with E-state index in [1.807, 2.05) is 0 Å². The minimum absolute atomic E-state index is 0.149.